The van der Waals surface area contributed by atoms with Crippen LogP contribution in [0.4, 0.5) is 11.6 Å². The minimum Gasteiger partial charge on any atom is -0.491 e. The summed E-state index contributed by atoms with van der Waals surface area (Å²) >= 11 is 1.04. The number of rotatable bonds is 8. The van der Waals surface area contributed by atoms with E-state index in [2.05, 4.69) is 31.1 Å². The van der Waals surface area contributed by atoms with Crippen LogP contribution >= 0.6 is 11.7 Å². The lowest BCUT2D eigenvalue weighted by atomic mass is 10.1. The molecule has 3 rings (SSSR count). The minimum absolute atomic E-state index is 0.206. The number of nitrogen functional groups attached to an aromatic ring is 1. The molecule has 1 aliphatic heterocycles. The number of aliphatic hydroxyl groups is 1. The Morgan fingerprint density at radius 2 is 2.12 bits per heavy atom. The molecule has 1 aliphatic rings. The third kappa shape index (κ3) is 5.55. The summed E-state index contributed by atoms with van der Waals surface area (Å²) in [6.45, 7) is 3.81. The first-order valence-electron chi connectivity index (χ1n) is 8.65. The molecule has 136 valence electrons. The van der Waals surface area contributed by atoms with Crippen LogP contribution in [0, 0.1) is 0 Å². The molecular weight excluding hydrogens is 338 g/mol. The first-order chi connectivity index (χ1) is 12.2. The largest absolute Gasteiger partial charge is 0.491 e. The van der Waals surface area contributed by atoms with Crippen LogP contribution in [-0.2, 0) is 6.54 Å². The highest BCUT2D eigenvalue weighted by molar-refractivity contribution is 6.99. The number of hydrogen-bond acceptors (Lipinski definition) is 8. The quantitative estimate of drug-likeness (QED) is 0.660. The number of benzene rings is 1. The maximum Gasteiger partial charge on any atom is 0.184 e. The molecule has 1 aromatic heterocycles. The Bertz CT molecular complexity index is 660. The second-order valence-corrected chi connectivity index (χ2v) is 6.86. The van der Waals surface area contributed by atoms with E-state index in [0.29, 0.717) is 18.2 Å². The maximum absolute atomic E-state index is 10.0. The van der Waals surface area contributed by atoms with Gasteiger partial charge < -0.3 is 20.9 Å². The Labute approximate surface area is 152 Å². The molecule has 0 saturated carbocycles. The van der Waals surface area contributed by atoms with E-state index in [1.165, 1.54) is 37.9 Å². The van der Waals surface area contributed by atoms with E-state index in [-0.39, 0.29) is 6.61 Å². The number of likely N-dealkylation sites (tertiary alicyclic amines) is 1. The summed E-state index contributed by atoms with van der Waals surface area (Å²) in [5, 5.41) is 13.0. The number of aromatic nitrogens is 2. The van der Waals surface area contributed by atoms with Gasteiger partial charge in [-0.25, -0.2) is 0 Å². The molecule has 1 unspecified atom stereocenters. The average Bonchev–Trinajstić information content (AvgIpc) is 3.04. The van der Waals surface area contributed by atoms with Gasteiger partial charge in [-0.05, 0) is 43.6 Å². The Hall–Kier alpha value is -1.90. The van der Waals surface area contributed by atoms with Crippen LogP contribution in [0.5, 0.6) is 5.75 Å². The van der Waals surface area contributed by atoms with Crippen molar-refractivity contribution >= 4 is 23.4 Å². The summed E-state index contributed by atoms with van der Waals surface area (Å²) in [7, 11) is 0. The molecule has 1 atom stereocenters. The zero-order chi connectivity index (χ0) is 17.5. The predicted molar refractivity (Wildman–Crippen MR) is 99.9 cm³/mol. The zero-order valence-corrected chi connectivity index (χ0v) is 15.0. The number of ether oxygens (including phenoxy) is 1. The van der Waals surface area contributed by atoms with Gasteiger partial charge in [0.05, 0.1) is 11.7 Å². The van der Waals surface area contributed by atoms with Crippen molar-refractivity contribution in [2.45, 2.75) is 31.9 Å². The molecule has 1 aromatic carbocycles. The van der Waals surface area contributed by atoms with Gasteiger partial charge in [-0.1, -0.05) is 18.6 Å². The van der Waals surface area contributed by atoms with Gasteiger partial charge in [-0.2, -0.15) is 8.75 Å². The molecule has 25 heavy (non-hydrogen) atoms. The highest BCUT2D eigenvalue weighted by atomic mass is 32.1. The third-order valence-electron chi connectivity index (χ3n) is 4.21. The van der Waals surface area contributed by atoms with Crippen LogP contribution in [0.1, 0.15) is 24.8 Å². The fourth-order valence-corrected chi connectivity index (χ4v) is 3.35. The summed E-state index contributed by atoms with van der Waals surface area (Å²) < 4.78 is 13.6. The van der Waals surface area contributed by atoms with E-state index < -0.39 is 6.10 Å². The molecule has 0 amide bonds. The predicted octanol–water partition coefficient (Wildman–Crippen LogP) is 1.96. The van der Waals surface area contributed by atoms with Gasteiger partial charge in [0.15, 0.2) is 11.6 Å². The summed E-state index contributed by atoms with van der Waals surface area (Å²) in [4.78, 5) is 2.48. The van der Waals surface area contributed by atoms with Gasteiger partial charge in [-0.3, -0.25) is 4.90 Å². The van der Waals surface area contributed by atoms with Crippen LogP contribution in [0.25, 0.3) is 0 Å². The van der Waals surface area contributed by atoms with Crippen molar-refractivity contribution < 1.29 is 9.84 Å². The van der Waals surface area contributed by atoms with E-state index >= 15 is 0 Å². The molecule has 1 saturated heterocycles. The summed E-state index contributed by atoms with van der Waals surface area (Å²) in [6, 6.07) is 8.09. The van der Waals surface area contributed by atoms with Gasteiger partial charge in [0.25, 0.3) is 0 Å². The third-order valence-corrected chi connectivity index (χ3v) is 4.76. The summed E-state index contributed by atoms with van der Waals surface area (Å²) in [5.74, 6) is 1.64. The molecule has 0 radical (unpaired) electrons. The fourth-order valence-electron chi connectivity index (χ4n) is 2.89. The number of anilines is 2. The van der Waals surface area contributed by atoms with Crippen molar-refractivity contribution in [3.8, 4) is 5.75 Å². The van der Waals surface area contributed by atoms with Crippen LogP contribution in [0.15, 0.2) is 24.3 Å². The molecule has 8 heteroatoms. The van der Waals surface area contributed by atoms with E-state index in [1.807, 2.05) is 12.1 Å². The summed E-state index contributed by atoms with van der Waals surface area (Å²) in [5.41, 5.74) is 6.89. The molecule has 2 aromatic rings. The Morgan fingerprint density at radius 3 is 2.88 bits per heavy atom. The van der Waals surface area contributed by atoms with Gasteiger partial charge in [-0.15, -0.1) is 0 Å². The average molecular weight is 363 g/mol. The molecule has 2 heterocycles. The normalized spacial score (nSPS) is 16.5. The van der Waals surface area contributed by atoms with Crippen molar-refractivity contribution in [3.63, 3.8) is 0 Å². The minimum atomic E-state index is -0.660. The maximum atomic E-state index is 10.0. The number of aliphatic hydroxyl groups excluding tert-OH is 1. The summed E-state index contributed by atoms with van der Waals surface area (Å²) in [6.07, 6.45) is 3.25. The smallest absolute Gasteiger partial charge is 0.184 e. The number of hydrogen-bond donors (Lipinski definition) is 3. The number of nitrogens with two attached hydrogens (primary N) is 1. The molecule has 0 aliphatic carbocycles. The van der Waals surface area contributed by atoms with Crippen LogP contribution in [0.3, 0.4) is 0 Å². The standard InChI is InChI=1S/C17H25N5O2S/c18-16-17(21-25-20-16)19-10-14(23)12-24-15-6-4-5-13(9-15)11-22-7-2-1-3-8-22/h4-6,9,14,23H,1-3,7-8,10-12H2,(H2,18,20)(H,19,21). The van der Waals surface area contributed by atoms with Crippen molar-refractivity contribution in [1.82, 2.24) is 13.6 Å². The fraction of sp³-hybridized carbons (Fsp3) is 0.529. The number of nitrogens with one attached hydrogen (secondary N) is 1. The second kappa shape index (κ2) is 8.98. The van der Waals surface area contributed by atoms with E-state index in [1.54, 1.807) is 0 Å². The number of piperidine rings is 1. The molecular formula is C17H25N5O2S. The van der Waals surface area contributed by atoms with Crippen molar-refractivity contribution in [2.24, 2.45) is 0 Å². The Morgan fingerprint density at radius 1 is 1.28 bits per heavy atom. The monoisotopic (exact) mass is 363 g/mol. The SMILES string of the molecule is Nc1nsnc1NCC(O)COc1cccc(CN2CCCCC2)c1. The topological polar surface area (TPSA) is 96.5 Å². The lowest BCUT2D eigenvalue weighted by Crippen LogP contribution is -2.29. The van der Waals surface area contributed by atoms with E-state index in [9.17, 15) is 5.11 Å². The van der Waals surface area contributed by atoms with E-state index in [0.717, 1.165) is 24.0 Å². The molecule has 4 N–H and O–H groups in total. The first kappa shape index (κ1) is 17.9. The van der Waals surface area contributed by atoms with Gasteiger partial charge in [0, 0.05) is 13.1 Å². The highest BCUT2D eigenvalue weighted by Crippen LogP contribution is 2.18. The Balaban J connectivity index is 1.44. The molecule has 0 bridgehead atoms. The molecule has 0 spiro atoms. The van der Waals surface area contributed by atoms with Gasteiger partial charge >= 0.3 is 0 Å². The Kier molecular flexibility index (Phi) is 6.43. The van der Waals surface area contributed by atoms with Crippen LogP contribution in [0.2, 0.25) is 0 Å². The second-order valence-electron chi connectivity index (χ2n) is 6.33. The van der Waals surface area contributed by atoms with Crippen molar-refractivity contribution in [1.29, 1.82) is 0 Å². The molecule has 1 fully saturated rings. The van der Waals surface area contributed by atoms with Crippen LogP contribution in [-0.4, -0.2) is 51.1 Å². The lowest BCUT2D eigenvalue weighted by Gasteiger charge is -2.26. The lowest BCUT2D eigenvalue weighted by molar-refractivity contribution is 0.117. The first-order valence-corrected chi connectivity index (χ1v) is 9.38. The highest BCUT2D eigenvalue weighted by Gasteiger charge is 2.12. The van der Waals surface area contributed by atoms with Crippen molar-refractivity contribution in [3.05, 3.63) is 29.8 Å². The van der Waals surface area contributed by atoms with Crippen molar-refractivity contribution in [2.75, 3.05) is 37.3 Å². The van der Waals surface area contributed by atoms with E-state index in [4.69, 9.17) is 10.5 Å². The van der Waals surface area contributed by atoms with Gasteiger partial charge in [0.1, 0.15) is 18.5 Å². The molecule has 7 nitrogen and oxygen atoms in total. The van der Waals surface area contributed by atoms with Gasteiger partial charge in [0.2, 0.25) is 0 Å². The number of nitrogens with zero attached hydrogens (tertiary/aromatic N) is 3. The van der Waals surface area contributed by atoms with Crippen LogP contribution < -0.4 is 15.8 Å². The zero-order valence-electron chi connectivity index (χ0n) is 14.2.